The van der Waals surface area contributed by atoms with Crippen LogP contribution >= 0.6 is 0 Å². The molecule has 98 valence electrons. The SMILES string of the molecule is COc1c(C(=O)O)cccc1-c1cc(F)ccc1C. The van der Waals surface area contributed by atoms with Crippen molar-refractivity contribution >= 4 is 5.97 Å². The minimum atomic E-state index is -1.08. The smallest absolute Gasteiger partial charge is 0.339 e. The van der Waals surface area contributed by atoms with Crippen LogP contribution in [0.1, 0.15) is 15.9 Å². The zero-order valence-electron chi connectivity index (χ0n) is 10.6. The first-order valence-corrected chi connectivity index (χ1v) is 5.71. The van der Waals surface area contributed by atoms with E-state index in [1.54, 1.807) is 18.2 Å². The third kappa shape index (κ3) is 2.42. The molecule has 2 aromatic rings. The Hall–Kier alpha value is -2.36. The number of rotatable bonds is 3. The molecule has 0 amide bonds. The van der Waals surface area contributed by atoms with E-state index in [2.05, 4.69) is 0 Å². The van der Waals surface area contributed by atoms with Gasteiger partial charge in [-0.05, 0) is 36.2 Å². The summed E-state index contributed by atoms with van der Waals surface area (Å²) in [5.41, 5.74) is 2.10. The van der Waals surface area contributed by atoms with Gasteiger partial charge < -0.3 is 9.84 Å². The van der Waals surface area contributed by atoms with Crippen LogP contribution < -0.4 is 4.74 Å². The molecule has 0 aliphatic rings. The molecule has 0 atom stereocenters. The molecule has 0 aliphatic heterocycles. The Morgan fingerprint density at radius 3 is 2.58 bits per heavy atom. The normalized spacial score (nSPS) is 10.3. The number of aryl methyl sites for hydroxylation is 1. The fourth-order valence-corrected chi connectivity index (χ4v) is 2.02. The van der Waals surface area contributed by atoms with Gasteiger partial charge in [-0.25, -0.2) is 9.18 Å². The van der Waals surface area contributed by atoms with E-state index in [0.29, 0.717) is 11.1 Å². The molecule has 0 aromatic heterocycles. The summed E-state index contributed by atoms with van der Waals surface area (Å²) < 4.78 is 18.6. The van der Waals surface area contributed by atoms with Crippen molar-refractivity contribution in [1.29, 1.82) is 0 Å². The van der Waals surface area contributed by atoms with Crippen molar-refractivity contribution in [3.05, 3.63) is 53.3 Å². The second-order valence-corrected chi connectivity index (χ2v) is 4.15. The van der Waals surface area contributed by atoms with E-state index in [0.717, 1.165) is 5.56 Å². The summed E-state index contributed by atoms with van der Waals surface area (Å²) in [5, 5.41) is 9.14. The summed E-state index contributed by atoms with van der Waals surface area (Å²) in [5.74, 6) is -1.21. The molecular formula is C15H13FO3. The topological polar surface area (TPSA) is 46.5 Å². The van der Waals surface area contributed by atoms with Gasteiger partial charge in [-0.1, -0.05) is 18.2 Å². The van der Waals surface area contributed by atoms with Crippen molar-refractivity contribution in [3.8, 4) is 16.9 Å². The van der Waals surface area contributed by atoms with Crippen LogP contribution in [0.4, 0.5) is 4.39 Å². The maximum absolute atomic E-state index is 13.4. The minimum Gasteiger partial charge on any atom is -0.495 e. The number of methoxy groups -OCH3 is 1. The van der Waals surface area contributed by atoms with Crippen LogP contribution in [0.3, 0.4) is 0 Å². The van der Waals surface area contributed by atoms with Crippen LogP contribution in [-0.2, 0) is 0 Å². The van der Waals surface area contributed by atoms with Gasteiger partial charge in [0.15, 0.2) is 0 Å². The lowest BCUT2D eigenvalue weighted by Crippen LogP contribution is -2.02. The number of ether oxygens (including phenoxy) is 1. The molecule has 3 nitrogen and oxygen atoms in total. The first-order chi connectivity index (χ1) is 9.04. The van der Waals surface area contributed by atoms with Crippen molar-refractivity contribution in [2.24, 2.45) is 0 Å². The lowest BCUT2D eigenvalue weighted by atomic mass is 9.97. The van der Waals surface area contributed by atoms with Crippen LogP contribution in [0, 0.1) is 12.7 Å². The number of carboxylic acids is 1. The summed E-state index contributed by atoms with van der Waals surface area (Å²) in [6.07, 6.45) is 0. The van der Waals surface area contributed by atoms with E-state index in [1.165, 1.54) is 25.3 Å². The lowest BCUT2D eigenvalue weighted by molar-refractivity contribution is 0.0693. The number of aromatic carboxylic acids is 1. The highest BCUT2D eigenvalue weighted by molar-refractivity contribution is 5.94. The van der Waals surface area contributed by atoms with Gasteiger partial charge in [0.1, 0.15) is 17.1 Å². The summed E-state index contributed by atoms with van der Waals surface area (Å²) >= 11 is 0. The van der Waals surface area contributed by atoms with E-state index < -0.39 is 5.97 Å². The van der Waals surface area contributed by atoms with Gasteiger partial charge in [-0.3, -0.25) is 0 Å². The van der Waals surface area contributed by atoms with Gasteiger partial charge in [0, 0.05) is 5.56 Å². The summed E-state index contributed by atoms with van der Waals surface area (Å²) in [4.78, 5) is 11.2. The highest BCUT2D eigenvalue weighted by Gasteiger charge is 2.17. The molecule has 0 saturated heterocycles. The molecule has 0 heterocycles. The van der Waals surface area contributed by atoms with Crippen LogP contribution in [-0.4, -0.2) is 18.2 Å². The zero-order chi connectivity index (χ0) is 14.0. The lowest BCUT2D eigenvalue weighted by Gasteiger charge is -2.13. The number of carboxylic acid groups (broad SMARTS) is 1. The van der Waals surface area contributed by atoms with E-state index >= 15 is 0 Å². The van der Waals surface area contributed by atoms with Crippen molar-refractivity contribution in [1.82, 2.24) is 0 Å². The van der Waals surface area contributed by atoms with E-state index in [-0.39, 0.29) is 17.1 Å². The van der Waals surface area contributed by atoms with Crippen molar-refractivity contribution in [2.45, 2.75) is 6.92 Å². The van der Waals surface area contributed by atoms with Crippen molar-refractivity contribution < 1.29 is 19.0 Å². The number of benzene rings is 2. The third-order valence-corrected chi connectivity index (χ3v) is 2.94. The molecule has 2 aromatic carbocycles. The molecule has 0 radical (unpaired) electrons. The largest absolute Gasteiger partial charge is 0.495 e. The number of carbonyl (C=O) groups is 1. The quantitative estimate of drug-likeness (QED) is 0.918. The van der Waals surface area contributed by atoms with Gasteiger partial charge in [-0.2, -0.15) is 0 Å². The Labute approximate surface area is 110 Å². The van der Waals surface area contributed by atoms with E-state index in [9.17, 15) is 9.18 Å². The van der Waals surface area contributed by atoms with E-state index in [1.807, 2.05) is 6.92 Å². The molecule has 0 spiro atoms. The number of para-hydroxylation sites is 1. The highest BCUT2D eigenvalue weighted by atomic mass is 19.1. The monoisotopic (exact) mass is 260 g/mol. The molecule has 0 saturated carbocycles. The van der Waals surface area contributed by atoms with Gasteiger partial charge in [0.25, 0.3) is 0 Å². The molecule has 2 rings (SSSR count). The number of halogens is 1. The Kier molecular flexibility index (Phi) is 3.51. The predicted octanol–water partition coefficient (Wildman–Crippen LogP) is 3.51. The minimum absolute atomic E-state index is 0.0589. The Morgan fingerprint density at radius 1 is 1.21 bits per heavy atom. The molecule has 19 heavy (non-hydrogen) atoms. The number of hydrogen-bond donors (Lipinski definition) is 1. The Balaban J connectivity index is 2.72. The first kappa shape index (κ1) is 13.1. The predicted molar refractivity (Wildman–Crippen MR) is 70.1 cm³/mol. The maximum atomic E-state index is 13.4. The molecular weight excluding hydrogens is 247 g/mol. The zero-order valence-corrected chi connectivity index (χ0v) is 10.6. The highest BCUT2D eigenvalue weighted by Crippen LogP contribution is 2.35. The van der Waals surface area contributed by atoms with Crippen molar-refractivity contribution in [2.75, 3.05) is 7.11 Å². The Bertz CT molecular complexity index is 635. The summed E-state index contributed by atoms with van der Waals surface area (Å²) in [7, 11) is 1.40. The molecule has 0 bridgehead atoms. The van der Waals surface area contributed by atoms with Gasteiger partial charge in [0.05, 0.1) is 7.11 Å². The fourth-order valence-electron chi connectivity index (χ4n) is 2.02. The maximum Gasteiger partial charge on any atom is 0.339 e. The van der Waals surface area contributed by atoms with Gasteiger partial charge in [-0.15, -0.1) is 0 Å². The Morgan fingerprint density at radius 2 is 1.95 bits per heavy atom. The standard InChI is InChI=1S/C15H13FO3/c1-9-6-7-10(16)8-13(9)11-4-3-5-12(15(17)18)14(11)19-2/h3-8H,1-2H3,(H,17,18). The van der Waals surface area contributed by atoms with Crippen LogP contribution in [0.15, 0.2) is 36.4 Å². The summed E-state index contributed by atoms with van der Waals surface area (Å²) in [6.45, 7) is 1.83. The molecule has 1 N–H and O–H groups in total. The average molecular weight is 260 g/mol. The second-order valence-electron chi connectivity index (χ2n) is 4.15. The molecule has 0 unspecified atom stereocenters. The van der Waals surface area contributed by atoms with Crippen molar-refractivity contribution in [3.63, 3.8) is 0 Å². The van der Waals surface area contributed by atoms with Gasteiger partial charge >= 0.3 is 5.97 Å². The number of hydrogen-bond acceptors (Lipinski definition) is 2. The van der Waals surface area contributed by atoms with Crippen LogP contribution in [0.5, 0.6) is 5.75 Å². The molecule has 4 heteroatoms. The fraction of sp³-hybridized carbons (Fsp3) is 0.133. The van der Waals surface area contributed by atoms with Crippen LogP contribution in [0.2, 0.25) is 0 Å². The summed E-state index contributed by atoms with van der Waals surface area (Å²) in [6, 6.07) is 9.18. The van der Waals surface area contributed by atoms with Gasteiger partial charge in [0.2, 0.25) is 0 Å². The third-order valence-electron chi connectivity index (χ3n) is 2.94. The molecule has 0 fully saturated rings. The average Bonchev–Trinajstić information content (AvgIpc) is 2.40. The molecule has 0 aliphatic carbocycles. The van der Waals surface area contributed by atoms with E-state index in [4.69, 9.17) is 9.84 Å². The van der Waals surface area contributed by atoms with Crippen LogP contribution in [0.25, 0.3) is 11.1 Å². The first-order valence-electron chi connectivity index (χ1n) is 5.71. The second kappa shape index (κ2) is 5.10.